The van der Waals surface area contributed by atoms with Gasteiger partial charge in [0, 0.05) is 36.2 Å². The van der Waals surface area contributed by atoms with Crippen LogP contribution < -0.4 is 4.90 Å². The maximum atomic E-state index is 16.3. The van der Waals surface area contributed by atoms with Crippen LogP contribution in [0.4, 0.5) is 14.5 Å². The molecule has 5 fully saturated rings. The van der Waals surface area contributed by atoms with E-state index in [1.54, 1.807) is 37.3 Å². The van der Waals surface area contributed by atoms with Crippen LogP contribution in [0.5, 0.6) is 0 Å². The maximum absolute atomic E-state index is 16.3. The van der Waals surface area contributed by atoms with Crippen molar-refractivity contribution in [1.82, 2.24) is 14.7 Å². The number of hydrogen-bond acceptors (Lipinski definition) is 9. The number of nitrogens with zero attached hydrogens (tertiary/aromatic N) is 4. The SMILES string of the molecule is COC(=O)C[C@H]1CCC[C@@H]1[C@](CN1CCC1)(c1cccc(F)c1)C1CCN(CC2(F)CN(c3ccc(S(=O)(=O)c4ccc(C(=O)N5CC(C)(O)C5)cc4)cc3)C2)CC1. The number of β-amino-alcohol motifs (C(OH)–C–C–N with tert-alkyl or cyclic N) is 1. The zero-order valence-electron chi connectivity index (χ0n) is 33.6. The van der Waals surface area contributed by atoms with E-state index in [0.29, 0.717) is 18.5 Å². The van der Waals surface area contributed by atoms with Crippen LogP contribution in [0.3, 0.4) is 0 Å². The fraction of sp³-hybridized carbons (Fsp3) is 0.556. The van der Waals surface area contributed by atoms with Gasteiger partial charge < -0.3 is 24.5 Å². The van der Waals surface area contributed by atoms with Gasteiger partial charge in [-0.3, -0.25) is 14.5 Å². The fourth-order valence-corrected chi connectivity index (χ4v) is 12.1. The van der Waals surface area contributed by atoms with Gasteiger partial charge in [0.1, 0.15) is 5.82 Å². The van der Waals surface area contributed by atoms with Gasteiger partial charge in [-0.1, -0.05) is 18.6 Å². The third kappa shape index (κ3) is 8.03. The minimum Gasteiger partial charge on any atom is -0.469 e. The number of methoxy groups -OCH3 is 1. The van der Waals surface area contributed by atoms with E-state index in [-0.39, 0.29) is 76.8 Å². The summed E-state index contributed by atoms with van der Waals surface area (Å²) < 4.78 is 63.4. The smallest absolute Gasteiger partial charge is 0.305 e. The number of sulfone groups is 1. The zero-order chi connectivity index (χ0) is 40.9. The Morgan fingerprint density at radius 1 is 0.862 bits per heavy atom. The molecule has 4 aliphatic heterocycles. The van der Waals surface area contributed by atoms with Crippen molar-refractivity contribution in [2.24, 2.45) is 17.8 Å². The van der Waals surface area contributed by atoms with Crippen LogP contribution >= 0.6 is 0 Å². The van der Waals surface area contributed by atoms with Crippen LogP contribution in [0.15, 0.2) is 82.6 Å². The number of rotatable bonds is 13. The Morgan fingerprint density at radius 3 is 2.10 bits per heavy atom. The predicted molar refractivity (Wildman–Crippen MR) is 217 cm³/mol. The van der Waals surface area contributed by atoms with Crippen molar-refractivity contribution in [3.63, 3.8) is 0 Å². The molecule has 0 aromatic heterocycles. The van der Waals surface area contributed by atoms with Gasteiger partial charge in [-0.05, 0) is 149 Å². The van der Waals surface area contributed by atoms with Crippen LogP contribution in [-0.4, -0.2) is 124 Å². The number of carbonyl (C=O) groups is 2. The molecule has 3 aromatic carbocycles. The normalized spacial score (nSPS) is 24.6. The highest BCUT2D eigenvalue weighted by Gasteiger charge is 2.54. The lowest BCUT2D eigenvalue weighted by molar-refractivity contribution is -0.142. The maximum Gasteiger partial charge on any atom is 0.305 e. The molecule has 4 saturated heterocycles. The lowest BCUT2D eigenvalue weighted by Crippen LogP contribution is -2.64. The standard InChI is InChI=1S/C45H56F2N4O6S/c1-43(54)26-51(27-43)42(53)32-10-14-38(15-11-32)58(55,56)39-16-12-37(13-17-39)50-29-44(47,30-50)28-49-22-18-34(19-23-49)45(31-48-20-5-21-48,35-7-4-8-36(46)25-35)40-9-3-6-33(40)24-41(52)57-2/h4,7-8,10-17,25,33-34,40,54H,3,5-6,9,18-24,26-31H2,1-2H3/t33-,40+,45+/m1/s1. The Labute approximate surface area is 341 Å². The minimum atomic E-state index is -3.85. The van der Waals surface area contributed by atoms with Crippen molar-refractivity contribution in [2.75, 3.05) is 77.5 Å². The van der Waals surface area contributed by atoms with Crippen molar-refractivity contribution in [3.05, 3.63) is 89.7 Å². The summed E-state index contributed by atoms with van der Waals surface area (Å²) in [6.07, 6.45) is 6.23. The van der Waals surface area contributed by atoms with Gasteiger partial charge in [-0.15, -0.1) is 0 Å². The number of benzene rings is 3. The van der Waals surface area contributed by atoms with Crippen LogP contribution in [0, 0.1) is 23.6 Å². The quantitative estimate of drug-likeness (QED) is 0.217. The highest BCUT2D eigenvalue weighted by atomic mass is 32.2. The van der Waals surface area contributed by atoms with Crippen molar-refractivity contribution in [2.45, 2.75) is 78.3 Å². The first-order chi connectivity index (χ1) is 27.7. The highest BCUT2D eigenvalue weighted by Crippen LogP contribution is 2.54. The van der Waals surface area contributed by atoms with Gasteiger partial charge in [-0.2, -0.15) is 0 Å². The summed E-state index contributed by atoms with van der Waals surface area (Å²) in [6, 6.07) is 19.5. The first-order valence-electron chi connectivity index (χ1n) is 20.9. The highest BCUT2D eigenvalue weighted by molar-refractivity contribution is 7.91. The Hall–Kier alpha value is -3.91. The predicted octanol–water partition coefficient (Wildman–Crippen LogP) is 5.73. The molecule has 58 heavy (non-hydrogen) atoms. The summed E-state index contributed by atoms with van der Waals surface area (Å²) in [5.41, 5.74) is -0.494. The van der Waals surface area contributed by atoms with E-state index in [0.717, 1.165) is 82.5 Å². The molecule has 0 spiro atoms. The first-order valence-corrected chi connectivity index (χ1v) is 22.3. The number of amides is 1. The molecular formula is C45H56F2N4O6S. The Kier molecular flexibility index (Phi) is 11.2. The second-order valence-corrected chi connectivity index (χ2v) is 19.9. The van der Waals surface area contributed by atoms with E-state index in [4.69, 9.17) is 4.74 Å². The molecule has 3 atom stereocenters. The number of esters is 1. The lowest BCUT2D eigenvalue weighted by atomic mass is 9.56. The average Bonchev–Trinajstić information content (AvgIpc) is 3.64. The third-order valence-electron chi connectivity index (χ3n) is 13.8. The zero-order valence-corrected chi connectivity index (χ0v) is 34.4. The number of halogens is 2. The van der Waals surface area contributed by atoms with Gasteiger partial charge >= 0.3 is 5.97 Å². The largest absolute Gasteiger partial charge is 0.469 e. The number of anilines is 1. The molecule has 5 aliphatic rings. The Morgan fingerprint density at radius 2 is 1.52 bits per heavy atom. The molecule has 4 heterocycles. The van der Waals surface area contributed by atoms with Crippen LogP contribution in [0.25, 0.3) is 0 Å². The molecule has 1 aliphatic carbocycles. The van der Waals surface area contributed by atoms with Gasteiger partial charge in [0.25, 0.3) is 5.91 Å². The number of piperidine rings is 1. The Bertz CT molecular complexity index is 2070. The molecular weight excluding hydrogens is 763 g/mol. The molecule has 0 bridgehead atoms. The molecule has 8 rings (SSSR count). The average molecular weight is 819 g/mol. The molecule has 1 amide bonds. The summed E-state index contributed by atoms with van der Waals surface area (Å²) >= 11 is 0. The molecule has 1 N–H and O–H groups in total. The second-order valence-electron chi connectivity index (χ2n) is 18.0. The number of aliphatic hydroxyl groups is 1. The van der Waals surface area contributed by atoms with Crippen LogP contribution in [-0.2, 0) is 24.8 Å². The van der Waals surface area contributed by atoms with Crippen LogP contribution in [0.1, 0.15) is 67.8 Å². The van der Waals surface area contributed by atoms with Crippen molar-refractivity contribution < 1.29 is 36.6 Å². The van der Waals surface area contributed by atoms with Crippen molar-refractivity contribution in [3.8, 4) is 0 Å². The Balaban J connectivity index is 0.901. The number of hydrogen-bond donors (Lipinski definition) is 1. The molecule has 3 aromatic rings. The van der Waals surface area contributed by atoms with Gasteiger partial charge in [0.15, 0.2) is 5.67 Å². The number of carbonyl (C=O) groups excluding carboxylic acids is 2. The van der Waals surface area contributed by atoms with Crippen molar-refractivity contribution in [1.29, 1.82) is 0 Å². The van der Waals surface area contributed by atoms with Gasteiger partial charge in [-0.25, -0.2) is 17.2 Å². The number of ether oxygens (including phenoxy) is 1. The van der Waals surface area contributed by atoms with Gasteiger partial charge in [0.2, 0.25) is 9.84 Å². The summed E-state index contributed by atoms with van der Waals surface area (Å²) in [5, 5.41) is 9.96. The topological polar surface area (TPSA) is 111 Å². The summed E-state index contributed by atoms with van der Waals surface area (Å²) in [5.74, 6) is -0.0548. The molecule has 1 saturated carbocycles. The molecule has 0 radical (unpaired) electrons. The molecule has 312 valence electrons. The molecule has 0 unspecified atom stereocenters. The van der Waals surface area contributed by atoms with E-state index >= 15 is 8.78 Å². The third-order valence-corrected chi connectivity index (χ3v) is 15.6. The van der Waals surface area contributed by atoms with Crippen LogP contribution in [0.2, 0.25) is 0 Å². The summed E-state index contributed by atoms with van der Waals surface area (Å²) in [7, 11) is -2.40. The number of likely N-dealkylation sites (tertiary alicyclic amines) is 3. The van der Waals surface area contributed by atoms with E-state index in [1.807, 2.05) is 11.0 Å². The van der Waals surface area contributed by atoms with E-state index in [2.05, 4.69) is 15.9 Å². The van der Waals surface area contributed by atoms with Crippen molar-refractivity contribution >= 4 is 27.4 Å². The summed E-state index contributed by atoms with van der Waals surface area (Å²) in [6.45, 7) is 7.22. The monoisotopic (exact) mass is 818 g/mol. The summed E-state index contributed by atoms with van der Waals surface area (Å²) in [4.78, 5) is 33.7. The first kappa shape index (κ1) is 40.9. The lowest BCUT2D eigenvalue weighted by Gasteiger charge is -2.54. The van der Waals surface area contributed by atoms with E-state index in [1.165, 1.54) is 42.3 Å². The molecule has 10 nitrogen and oxygen atoms in total. The van der Waals surface area contributed by atoms with E-state index < -0.39 is 21.1 Å². The van der Waals surface area contributed by atoms with Gasteiger partial charge in [0.05, 0.1) is 48.7 Å². The van der Waals surface area contributed by atoms with E-state index in [9.17, 15) is 23.1 Å². The fourth-order valence-electron chi connectivity index (χ4n) is 10.8. The second kappa shape index (κ2) is 15.9. The molecule has 13 heteroatoms. The number of alkyl halides is 1. The minimum absolute atomic E-state index is 0.0703.